The fraction of sp³-hybridized carbons (Fsp3) is 0. The lowest BCUT2D eigenvalue weighted by molar-refractivity contribution is 0.0696. The molecule has 1 aromatic heterocycles. The molecular formula is C24H15FN4O3. The SMILES string of the molecule is N#Cc1ccc(-n2cc(C(=O)Nc3cccc(F)c3)c(-c3ccc(C(=O)O)cc3)n2)cc1. The first-order valence-corrected chi connectivity index (χ1v) is 9.45. The van der Waals surface area contributed by atoms with Crippen molar-refractivity contribution < 1.29 is 19.1 Å². The van der Waals surface area contributed by atoms with Crippen molar-refractivity contribution in [1.29, 1.82) is 5.26 Å². The molecule has 0 aliphatic rings. The Morgan fingerprint density at radius 1 is 1.03 bits per heavy atom. The van der Waals surface area contributed by atoms with Crippen LogP contribution in [-0.4, -0.2) is 26.8 Å². The van der Waals surface area contributed by atoms with Gasteiger partial charge in [-0.3, -0.25) is 4.79 Å². The molecule has 4 aromatic rings. The number of anilines is 1. The lowest BCUT2D eigenvalue weighted by Crippen LogP contribution is -2.12. The molecule has 7 nitrogen and oxygen atoms in total. The van der Waals surface area contributed by atoms with Crippen LogP contribution in [0.25, 0.3) is 16.9 Å². The molecule has 0 bridgehead atoms. The summed E-state index contributed by atoms with van der Waals surface area (Å²) in [6.45, 7) is 0. The van der Waals surface area contributed by atoms with Crippen LogP contribution in [0.5, 0.6) is 0 Å². The summed E-state index contributed by atoms with van der Waals surface area (Å²) in [5.74, 6) is -2.06. The third-order valence-electron chi connectivity index (χ3n) is 4.71. The number of carboxylic acids is 1. The smallest absolute Gasteiger partial charge is 0.335 e. The van der Waals surface area contributed by atoms with Crippen LogP contribution >= 0.6 is 0 Å². The minimum absolute atomic E-state index is 0.103. The molecule has 0 fully saturated rings. The van der Waals surface area contributed by atoms with Gasteiger partial charge in [-0.25, -0.2) is 13.9 Å². The van der Waals surface area contributed by atoms with Gasteiger partial charge in [-0.1, -0.05) is 18.2 Å². The Morgan fingerprint density at radius 2 is 1.75 bits per heavy atom. The maximum atomic E-state index is 13.5. The monoisotopic (exact) mass is 426 g/mol. The largest absolute Gasteiger partial charge is 0.478 e. The van der Waals surface area contributed by atoms with Gasteiger partial charge in [0.1, 0.15) is 11.5 Å². The number of amides is 1. The highest BCUT2D eigenvalue weighted by Gasteiger charge is 2.19. The van der Waals surface area contributed by atoms with E-state index in [0.29, 0.717) is 22.5 Å². The average Bonchev–Trinajstić information content (AvgIpc) is 3.25. The van der Waals surface area contributed by atoms with Crippen molar-refractivity contribution in [2.24, 2.45) is 0 Å². The van der Waals surface area contributed by atoms with Crippen LogP contribution in [0.15, 0.2) is 79.0 Å². The summed E-state index contributed by atoms with van der Waals surface area (Å²) in [4.78, 5) is 24.2. The number of carbonyl (C=O) groups is 2. The van der Waals surface area contributed by atoms with Gasteiger partial charge in [0.05, 0.1) is 28.4 Å². The molecule has 0 saturated carbocycles. The fourth-order valence-electron chi connectivity index (χ4n) is 3.11. The van der Waals surface area contributed by atoms with Crippen LogP contribution < -0.4 is 5.32 Å². The number of rotatable bonds is 5. The first-order valence-electron chi connectivity index (χ1n) is 9.45. The van der Waals surface area contributed by atoms with Crippen LogP contribution in [0.3, 0.4) is 0 Å². The van der Waals surface area contributed by atoms with Crippen molar-refractivity contribution >= 4 is 17.6 Å². The van der Waals surface area contributed by atoms with Crippen LogP contribution in [0.4, 0.5) is 10.1 Å². The van der Waals surface area contributed by atoms with E-state index in [1.165, 1.54) is 41.2 Å². The molecule has 2 N–H and O–H groups in total. The second-order valence-corrected chi connectivity index (χ2v) is 6.84. The standard InChI is InChI=1S/C24H15FN4O3/c25-18-2-1-3-19(12-18)27-23(30)21-14-29(20-10-4-15(13-26)5-11-20)28-22(21)16-6-8-17(9-7-16)24(31)32/h1-12,14H,(H,27,30)(H,31,32). The van der Waals surface area contributed by atoms with Crippen molar-refractivity contribution in [3.8, 4) is 23.0 Å². The van der Waals surface area contributed by atoms with Gasteiger partial charge in [-0.2, -0.15) is 10.4 Å². The molecule has 4 rings (SSSR count). The maximum Gasteiger partial charge on any atom is 0.335 e. The molecule has 0 aliphatic heterocycles. The summed E-state index contributed by atoms with van der Waals surface area (Å²) in [7, 11) is 0. The number of nitrogens with zero attached hydrogens (tertiary/aromatic N) is 3. The Bertz CT molecular complexity index is 1350. The van der Waals surface area contributed by atoms with Gasteiger partial charge in [0.25, 0.3) is 5.91 Å². The Kier molecular flexibility index (Phi) is 5.47. The van der Waals surface area contributed by atoms with Gasteiger partial charge in [-0.15, -0.1) is 0 Å². The van der Waals surface area contributed by atoms with Gasteiger partial charge in [0.2, 0.25) is 0 Å². The van der Waals surface area contributed by atoms with Gasteiger partial charge in [-0.05, 0) is 54.6 Å². The molecule has 0 unspecified atom stereocenters. The molecular weight excluding hydrogens is 411 g/mol. The van der Waals surface area contributed by atoms with E-state index in [0.717, 1.165) is 0 Å². The highest BCUT2D eigenvalue weighted by atomic mass is 19.1. The predicted octanol–water partition coefficient (Wildman–Crippen LogP) is 4.50. The van der Waals surface area contributed by atoms with Crippen molar-refractivity contribution in [2.45, 2.75) is 0 Å². The van der Waals surface area contributed by atoms with Crippen LogP contribution in [0, 0.1) is 17.1 Å². The third kappa shape index (κ3) is 4.22. The van der Waals surface area contributed by atoms with Gasteiger partial charge in [0.15, 0.2) is 0 Å². The lowest BCUT2D eigenvalue weighted by atomic mass is 10.1. The van der Waals surface area contributed by atoms with Crippen LogP contribution in [0.2, 0.25) is 0 Å². The Hall–Kier alpha value is -4.77. The normalized spacial score (nSPS) is 10.4. The van der Waals surface area contributed by atoms with E-state index in [-0.39, 0.29) is 16.8 Å². The van der Waals surface area contributed by atoms with E-state index in [4.69, 9.17) is 10.4 Å². The summed E-state index contributed by atoms with van der Waals surface area (Å²) in [5, 5.41) is 25.3. The third-order valence-corrected chi connectivity index (χ3v) is 4.71. The molecule has 0 atom stereocenters. The molecule has 3 aromatic carbocycles. The van der Waals surface area contributed by atoms with Crippen LogP contribution in [0.1, 0.15) is 26.3 Å². The zero-order valence-electron chi connectivity index (χ0n) is 16.5. The zero-order valence-corrected chi connectivity index (χ0v) is 16.5. The van der Waals surface area contributed by atoms with E-state index < -0.39 is 17.7 Å². The summed E-state index contributed by atoms with van der Waals surface area (Å²) < 4.78 is 15.0. The Balaban J connectivity index is 1.76. The van der Waals surface area contributed by atoms with Crippen molar-refractivity contribution in [1.82, 2.24) is 9.78 Å². The van der Waals surface area contributed by atoms with Crippen molar-refractivity contribution in [3.63, 3.8) is 0 Å². The topological polar surface area (TPSA) is 108 Å². The van der Waals surface area contributed by atoms with E-state index >= 15 is 0 Å². The summed E-state index contributed by atoms with van der Waals surface area (Å²) >= 11 is 0. The quantitative estimate of drug-likeness (QED) is 0.488. The minimum atomic E-state index is -1.07. The predicted molar refractivity (Wildman–Crippen MR) is 115 cm³/mol. The fourth-order valence-corrected chi connectivity index (χ4v) is 3.11. The first-order chi connectivity index (χ1) is 15.4. The number of nitrogens with one attached hydrogen (secondary N) is 1. The van der Waals surface area contributed by atoms with E-state index in [1.807, 2.05) is 6.07 Å². The van der Waals surface area contributed by atoms with E-state index in [1.54, 1.807) is 42.5 Å². The molecule has 0 spiro atoms. The zero-order chi connectivity index (χ0) is 22.7. The summed E-state index contributed by atoms with van der Waals surface area (Å²) in [5.41, 5.74) is 2.56. The number of aromatic carboxylic acids is 1. The highest BCUT2D eigenvalue weighted by Crippen LogP contribution is 2.25. The lowest BCUT2D eigenvalue weighted by Gasteiger charge is -2.06. The van der Waals surface area contributed by atoms with Crippen LogP contribution in [-0.2, 0) is 0 Å². The number of carbonyl (C=O) groups excluding carboxylic acids is 1. The van der Waals surface area contributed by atoms with Crippen molar-refractivity contribution in [2.75, 3.05) is 5.32 Å². The molecule has 8 heteroatoms. The molecule has 156 valence electrons. The van der Waals surface area contributed by atoms with Gasteiger partial charge < -0.3 is 10.4 Å². The molecule has 32 heavy (non-hydrogen) atoms. The second kappa shape index (κ2) is 8.53. The minimum Gasteiger partial charge on any atom is -0.478 e. The number of halogens is 1. The van der Waals surface area contributed by atoms with E-state index in [2.05, 4.69) is 10.4 Å². The number of carboxylic acid groups (broad SMARTS) is 1. The highest BCUT2D eigenvalue weighted by molar-refractivity contribution is 6.08. The number of hydrogen-bond donors (Lipinski definition) is 2. The maximum absolute atomic E-state index is 13.5. The number of hydrogen-bond acceptors (Lipinski definition) is 4. The number of aromatic nitrogens is 2. The summed E-state index contributed by atoms with van der Waals surface area (Å²) in [6.07, 6.45) is 1.52. The molecule has 1 heterocycles. The second-order valence-electron chi connectivity index (χ2n) is 6.84. The molecule has 0 aliphatic carbocycles. The Morgan fingerprint density at radius 3 is 2.38 bits per heavy atom. The Labute approximate surface area is 182 Å². The molecule has 0 radical (unpaired) electrons. The number of benzene rings is 3. The molecule has 1 amide bonds. The average molecular weight is 426 g/mol. The van der Waals surface area contributed by atoms with E-state index in [9.17, 15) is 14.0 Å². The molecule has 0 saturated heterocycles. The summed E-state index contributed by atoms with van der Waals surface area (Å²) in [6, 6.07) is 20.2. The first kappa shape index (κ1) is 20.5. The number of nitriles is 1. The van der Waals surface area contributed by atoms with Crippen molar-refractivity contribution in [3.05, 3.63) is 102 Å². The van der Waals surface area contributed by atoms with Gasteiger partial charge >= 0.3 is 5.97 Å². The van der Waals surface area contributed by atoms with Gasteiger partial charge in [0, 0.05) is 17.4 Å².